The topological polar surface area (TPSA) is 72.0 Å². The van der Waals surface area contributed by atoms with Gasteiger partial charge in [-0.15, -0.1) is 32.9 Å². The van der Waals surface area contributed by atoms with Crippen molar-refractivity contribution in [3.05, 3.63) is 69.0 Å². The number of aryl methyl sites for hydroxylation is 1. The van der Waals surface area contributed by atoms with E-state index in [4.69, 9.17) is 0 Å². The largest absolute Gasteiger partial charge is 0.352 e. The minimum absolute atomic E-state index is 0.0622. The van der Waals surface area contributed by atoms with Gasteiger partial charge in [-0.1, -0.05) is 30.3 Å². The van der Waals surface area contributed by atoms with Gasteiger partial charge in [-0.25, -0.2) is 0 Å². The highest BCUT2D eigenvalue weighted by Gasteiger charge is 2.14. The highest BCUT2D eigenvalue weighted by atomic mass is 32.1. The van der Waals surface area contributed by atoms with E-state index in [2.05, 4.69) is 15.5 Å². The van der Waals surface area contributed by atoms with Gasteiger partial charge in [-0.05, 0) is 48.4 Å². The maximum atomic E-state index is 12.8. The van der Waals surface area contributed by atoms with Crippen LogP contribution in [0.5, 0.6) is 0 Å². The van der Waals surface area contributed by atoms with E-state index in [0.29, 0.717) is 18.5 Å². The molecule has 2 aromatic heterocycles. The first kappa shape index (κ1) is 19.4. The van der Waals surface area contributed by atoms with E-state index in [0.717, 1.165) is 36.1 Å². The summed E-state index contributed by atoms with van der Waals surface area (Å²) in [7, 11) is 0. The number of benzene rings is 2. The molecule has 0 radical (unpaired) electrons. The number of carbonyl (C=O) groups is 2. The summed E-state index contributed by atoms with van der Waals surface area (Å²) in [4.78, 5) is 26.2. The summed E-state index contributed by atoms with van der Waals surface area (Å²) in [5, 5.41) is 14.8. The fraction of sp³-hybridized carbons (Fsp3) is 0.182. The first-order valence-corrected chi connectivity index (χ1v) is 10.9. The van der Waals surface area contributed by atoms with Crippen molar-refractivity contribution >= 4 is 45.1 Å². The lowest BCUT2D eigenvalue weighted by atomic mass is 9.99. The van der Waals surface area contributed by atoms with E-state index < -0.39 is 0 Å². The number of nitrogens with one attached hydrogen (secondary N) is 1. The average molecular weight is 422 g/mol. The highest BCUT2D eigenvalue weighted by Crippen LogP contribution is 2.35. The number of carbonyl (C=O) groups excluding carboxylic acids is 2. The predicted octanol–water partition coefficient (Wildman–Crippen LogP) is 4.90. The molecule has 0 bridgehead atoms. The Labute approximate surface area is 176 Å². The Kier molecular flexibility index (Phi) is 5.51. The smallest absolute Gasteiger partial charge is 0.251 e. The molecule has 0 aliphatic rings. The molecule has 0 fully saturated rings. The molecule has 0 atom stereocenters. The summed E-state index contributed by atoms with van der Waals surface area (Å²) in [5.74, 6) is -0.0447. The lowest BCUT2D eigenvalue weighted by molar-refractivity contribution is 0.0954. The Morgan fingerprint density at radius 1 is 0.966 bits per heavy atom. The third kappa shape index (κ3) is 4.11. The molecular formula is C22H19N3O2S2. The van der Waals surface area contributed by atoms with Crippen LogP contribution < -0.4 is 5.32 Å². The number of amides is 1. The average Bonchev–Trinajstić information content (AvgIpc) is 3.36. The Hall–Kier alpha value is -2.90. The first-order valence-electron chi connectivity index (χ1n) is 9.23. The second kappa shape index (κ2) is 8.23. The van der Waals surface area contributed by atoms with Crippen LogP contribution >= 0.6 is 22.7 Å². The van der Waals surface area contributed by atoms with Crippen molar-refractivity contribution in [1.29, 1.82) is 0 Å². The van der Waals surface area contributed by atoms with Gasteiger partial charge >= 0.3 is 0 Å². The molecule has 7 heteroatoms. The van der Waals surface area contributed by atoms with Crippen LogP contribution in [-0.4, -0.2) is 28.4 Å². The standard InChI is InChI=1S/C22H19N3O2S2/c1-13(26)19-9-10-20(29-19)17-7-3-6-16-15(17)5-4-8-18(16)22(27)23-12-11-21-25-24-14(2)28-21/h3-10H,11-12H2,1-2H3,(H,23,27). The van der Waals surface area contributed by atoms with Gasteiger partial charge in [0.1, 0.15) is 10.0 Å². The van der Waals surface area contributed by atoms with Crippen LogP contribution in [0.15, 0.2) is 48.5 Å². The molecule has 146 valence electrons. The maximum absolute atomic E-state index is 12.8. The molecule has 0 unspecified atom stereocenters. The van der Waals surface area contributed by atoms with Gasteiger partial charge in [0.05, 0.1) is 4.88 Å². The molecule has 0 aliphatic carbocycles. The zero-order valence-corrected chi connectivity index (χ0v) is 17.7. The van der Waals surface area contributed by atoms with Gasteiger partial charge in [0.2, 0.25) is 0 Å². The zero-order chi connectivity index (χ0) is 20.4. The maximum Gasteiger partial charge on any atom is 0.251 e. The summed E-state index contributed by atoms with van der Waals surface area (Å²) in [6.45, 7) is 4.00. The van der Waals surface area contributed by atoms with Crippen LogP contribution in [0, 0.1) is 6.92 Å². The van der Waals surface area contributed by atoms with Crippen molar-refractivity contribution < 1.29 is 9.59 Å². The van der Waals surface area contributed by atoms with E-state index in [1.165, 1.54) is 11.3 Å². The quantitative estimate of drug-likeness (QED) is 0.449. The van der Waals surface area contributed by atoms with E-state index in [1.807, 2.05) is 55.5 Å². The molecule has 29 heavy (non-hydrogen) atoms. The number of fused-ring (bicyclic) bond motifs is 1. The van der Waals surface area contributed by atoms with Crippen molar-refractivity contribution in [2.45, 2.75) is 20.3 Å². The summed E-state index contributed by atoms with van der Waals surface area (Å²) in [6.07, 6.45) is 0.663. The third-order valence-electron chi connectivity index (χ3n) is 4.58. The molecule has 2 aromatic carbocycles. The molecular weight excluding hydrogens is 402 g/mol. The number of ketones is 1. The minimum Gasteiger partial charge on any atom is -0.352 e. The fourth-order valence-electron chi connectivity index (χ4n) is 3.21. The van der Waals surface area contributed by atoms with Crippen molar-refractivity contribution in [2.75, 3.05) is 6.54 Å². The number of nitrogens with zero attached hydrogens (tertiary/aromatic N) is 2. The second-order valence-corrected chi connectivity index (χ2v) is 9.00. The molecule has 2 heterocycles. The van der Waals surface area contributed by atoms with Gasteiger partial charge < -0.3 is 5.32 Å². The molecule has 1 amide bonds. The lowest BCUT2D eigenvalue weighted by Gasteiger charge is -2.10. The molecule has 4 rings (SSSR count). The third-order valence-corrected chi connectivity index (χ3v) is 6.70. The van der Waals surface area contributed by atoms with E-state index in [1.54, 1.807) is 18.3 Å². The number of hydrogen-bond donors (Lipinski definition) is 1. The summed E-state index contributed by atoms with van der Waals surface area (Å²) < 4.78 is 0. The first-order chi connectivity index (χ1) is 14.0. The predicted molar refractivity (Wildman–Crippen MR) is 118 cm³/mol. The van der Waals surface area contributed by atoms with E-state index in [9.17, 15) is 9.59 Å². The summed E-state index contributed by atoms with van der Waals surface area (Å²) in [6, 6.07) is 15.5. The van der Waals surface area contributed by atoms with Crippen LogP contribution in [0.3, 0.4) is 0 Å². The fourth-order valence-corrected chi connectivity index (χ4v) is 4.86. The van der Waals surface area contributed by atoms with Gasteiger partial charge in [0.25, 0.3) is 5.91 Å². The number of thiophene rings is 1. The minimum atomic E-state index is -0.107. The van der Waals surface area contributed by atoms with Crippen LogP contribution in [-0.2, 0) is 6.42 Å². The van der Waals surface area contributed by atoms with E-state index >= 15 is 0 Å². The van der Waals surface area contributed by atoms with E-state index in [-0.39, 0.29) is 11.7 Å². The van der Waals surface area contributed by atoms with Crippen LogP contribution in [0.2, 0.25) is 0 Å². The normalized spacial score (nSPS) is 11.0. The van der Waals surface area contributed by atoms with Gasteiger partial charge in [0.15, 0.2) is 5.78 Å². The molecule has 0 aliphatic heterocycles. The van der Waals surface area contributed by atoms with Crippen LogP contribution in [0.25, 0.3) is 21.2 Å². The highest BCUT2D eigenvalue weighted by molar-refractivity contribution is 7.17. The van der Waals surface area contributed by atoms with Crippen molar-refractivity contribution in [1.82, 2.24) is 15.5 Å². The molecule has 1 N–H and O–H groups in total. The Morgan fingerprint density at radius 3 is 2.48 bits per heavy atom. The summed E-state index contributed by atoms with van der Waals surface area (Å²) in [5.41, 5.74) is 1.67. The van der Waals surface area contributed by atoms with Crippen LogP contribution in [0.1, 0.15) is 37.0 Å². The zero-order valence-electron chi connectivity index (χ0n) is 16.1. The number of hydrogen-bond acceptors (Lipinski definition) is 6. The Morgan fingerprint density at radius 2 is 1.76 bits per heavy atom. The molecule has 0 saturated carbocycles. The molecule has 4 aromatic rings. The lowest BCUT2D eigenvalue weighted by Crippen LogP contribution is -2.25. The molecule has 0 spiro atoms. The van der Waals surface area contributed by atoms with Crippen LogP contribution in [0.4, 0.5) is 0 Å². The van der Waals surface area contributed by atoms with Gasteiger partial charge in [-0.2, -0.15) is 0 Å². The van der Waals surface area contributed by atoms with Crippen molar-refractivity contribution in [2.24, 2.45) is 0 Å². The van der Waals surface area contributed by atoms with Crippen molar-refractivity contribution in [3.8, 4) is 10.4 Å². The van der Waals surface area contributed by atoms with Gasteiger partial charge in [-0.3, -0.25) is 9.59 Å². The number of rotatable bonds is 6. The SMILES string of the molecule is CC(=O)c1ccc(-c2cccc3c(C(=O)NCCc4nnc(C)s4)cccc23)s1. The number of aromatic nitrogens is 2. The monoisotopic (exact) mass is 421 g/mol. The van der Waals surface area contributed by atoms with Gasteiger partial charge in [0, 0.05) is 23.4 Å². The Balaban J connectivity index is 1.60. The molecule has 5 nitrogen and oxygen atoms in total. The Bertz CT molecular complexity index is 1210. The second-order valence-electron chi connectivity index (χ2n) is 6.65. The summed E-state index contributed by atoms with van der Waals surface area (Å²) >= 11 is 3.02. The molecule has 0 saturated heterocycles. The van der Waals surface area contributed by atoms with Crippen molar-refractivity contribution in [3.63, 3.8) is 0 Å². The number of Topliss-reactive ketones (excluding diaryl/α,β-unsaturated/α-hetero) is 1.